The quantitative estimate of drug-likeness (QED) is 0.735. The average molecular weight is 194 g/mol. The second-order valence-corrected chi connectivity index (χ2v) is 3.56. The summed E-state index contributed by atoms with van der Waals surface area (Å²) in [6.07, 6.45) is 4.90. The van der Waals surface area contributed by atoms with E-state index in [0.29, 0.717) is 0 Å². The fourth-order valence-electron chi connectivity index (χ4n) is 0.909. The van der Waals surface area contributed by atoms with Gasteiger partial charge < -0.3 is 4.98 Å². The van der Waals surface area contributed by atoms with Gasteiger partial charge in [-0.3, -0.25) is 0 Å². The summed E-state index contributed by atoms with van der Waals surface area (Å²) in [4.78, 5) is 7.44. The van der Waals surface area contributed by atoms with Gasteiger partial charge in [0.15, 0.2) is 5.16 Å². The molecule has 13 heavy (non-hydrogen) atoms. The van der Waals surface area contributed by atoms with Gasteiger partial charge in [0, 0.05) is 0 Å². The molecule has 0 radical (unpaired) electrons. The smallest absolute Gasteiger partial charge is 0.166 e. The molecule has 0 amide bonds. The second kappa shape index (κ2) is 4.33. The summed E-state index contributed by atoms with van der Waals surface area (Å²) < 4.78 is 0. The number of imidazole rings is 1. The summed E-state index contributed by atoms with van der Waals surface area (Å²) in [5, 5.41) is 2.66. The Balaban J connectivity index is 3.14. The lowest BCUT2D eigenvalue weighted by Crippen LogP contribution is -2.22. The van der Waals surface area contributed by atoms with Crippen molar-refractivity contribution in [2.24, 2.45) is 0 Å². The molecule has 0 aromatic carbocycles. The van der Waals surface area contributed by atoms with Crippen molar-refractivity contribution >= 4 is 24.4 Å². The molecule has 0 aliphatic rings. The Kier molecular flexibility index (Phi) is 3.37. The van der Waals surface area contributed by atoms with E-state index in [4.69, 9.17) is 0 Å². The van der Waals surface area contributed by atoms with Crippen molar-refractivity contribution in [1.29, 1.82) is 0 Å². The minimum atomic E-state index is 0.860. The zero-order valence-electron chi connectivity index (χ0n) is 8.05. The van der Waals surface area contributed by atoms with Gasteiger partial charge in [-0.2, -0.15) is 0 Å². The van der Waals surface area contributed by atoms with Gasteiger partial charge in [0.2, 0.25) is 0 Å². The van der Waals surface area contributed by atoms with Crippen LogP contribution in [0.5, 0.6) is 0 Å². The monoisotopic (exact) mass is 194 g/mol. The largest absolute Gasteiger partial charge is 0.333 e. The van der Waals surface area contributed by atoms with E-state index in [0.717, 1.165) is 27.8 Å². The predicted molar refractivity (Wildman–Crippen MR) is 59.0 cm³/mol. The SMILES string of the molecule is C=C(/C=c1/nc(SC)[nH]c1=C)CC. The normalized spacial score (nSPS) is 12.0. The fraction of sp³-hybridized carbons (Fsp3) is 0.300. The lowest BCUT2D eigenvalue weighted by Gasteiger charge is -1.87. The third-order valence-corrected chi connectivity index (χ3v) is 2.36. The molecule has 0 saturated heterocycles. The number of hydrogen-bond acceptors (Lipinski definition) is 2. The number of hydrogen-bond donors (Lipinski definition) is 1. The zero-order valence-corrected chi connectivity index (χ0v) is 8.87. The number of aromatic nitrogens is 2. The van der Waals surface area contributed by atoms with Crippen LogP contribution in [0.25, 0.3) is 12.7 Å². The van der Waals surface area contributed by atoms with Crippen molar-refractivity contribution in [3.8, 4) is 0 Å². The van der Waals surface area contributed by atoms with Crippen molar-refractivity contribution in [2.45, 2.75) is 18.5 Å². The molecule has 70 valence electrons. The number of rotatable bonds is 3. The molecular formula is C10H14N2S. The molecule has 0 bridgehead atoms. The van der Waals surface area contributed by atoms with Crippen LogP contribution in [0.4, 0.5) is 0 Å². The molecule has 1 aromatic rings. The first-order valence-electron chi connectivity index (χ1n) is 4.15. The maximum Gasteiger partial charge on any atom is 0.166 e. The molecule has 1 N–H and O–H groups in total. The minimum absolute atomic E-state index is 0.860. The third-order valence-electron chi connectivity index (χ3n) is 1.78. The molecule has 2 nitrogen and oxygen atoms in total. The first kappa shape index (κ1) is 10.1. The average Bonchev–Trinajstić information content (AvgIpc) is 2.47. The molecule has 0 saturated carbocycles. The van der Waals surface area contributed by atoms with Crippen LogP contribution in [0.15, 0.2) is 17.3 Å². The van der Waals surface area contributed by atoms with Gasteiger partial charge in [0.25, 0.3) is 0 Å². The van der Waals surface area contributed by atoms with Crippen LogP contribution in [0.2, 0.25) is 0 Å². The Morgan fingerprint density at radius 2 is 2.38 bits per heavy atom. The standard InChI is InChI=1S/C10H14N2S/c1-5-7(2)6-9-8(3)11-10(12-9)13-4/h6H,2-3,5H2,1,4H3,(H,11,12)/b9-6+. The number of allylic oxidation sites excluding steroid dienone is 1. The number of nitrogens with zero attached hydrogens (tertiary/aromatic N) is 1. The van der Waals surface area contributed by atoms with Gasteiger partial charge in [-0.25, -0.2) is 4.98 Å². The van der Waals surface area contributed by atoms with Gasteiger partial charge in [-0.1, -0.05) is 37.4 Å². The van der Waals surface area contributed by atoms with Crippen LogP contribution >= 0.6 is 11.8 Å². The first-order chi connectivity index (χ1) is 6.17. The van der Waals surface area contributed by atoms with E-state index in [9.17, 15) is 0 Å². The molecule has 3 heteroatoms. The van der Waals surface area contributed by atoms with E-state index in [2.05, 4.69) is 30.0 Å². The van der Waals surface area contributed by atoms with E-state index in [-0.39, 0.29) is 0 Å². The van der Waals surface area contributed by atoms with Crippen LogP contribution < -0.4 is 10.7 Å². The van der Waals surface area contributed by atoms with Gasteiger partial charge in [-0.15, -0.1) is 0 Å². The lowest BCUT2D eigenvalue weighted by atomic mass is 10.2. The van der Waals surface area contributed by atoms with E-state index >= 15 is 0 Å². The maximum absolute atomic E-state index is 4.34. The molecule has 0 unspecified atom stereocenters. The Morgan fingerprint density at radius 3 is 2.85 bits per heavy atom. The zero-order chi connectivity index (χ0) is 9.84. The topological polar surface area (TPSA) is 28.7 Å². The molecule has 0 spiro atoms. The van der Waals surface area contributed by atoms with Gasteiger partial charge in [0.05, 0.1) is 10.7 Å². The van der Waals surface area contributed by atoms with E-state index in [1.807, 2.05) is 12.3 Å². The number of H-pyrrole nitrogens is 1. The summed E-state index contributed by atoms with van der Waals surface area (Å²) in [6, 6.07) is 0. The maximum atomic E-state index is 4.34. The van der Waals surface area contributed by atoms with Crippen molar-refractivity contribution in [1.82, 2.24) is 9.97 Å². The van der Waals surface area contributed by atoms with E-state index in [1.165, 1.54) is 0 Å². The van der Waals surface area contributed by atoms with Crippen LogP contribution in [0.3, 0.4) is 0 Å². The summed E-state index contributed by atoms with van der Waals surface area (Å²) in [7, 11) is 0. The van der Waals surface area contributed by atoms with E-state index in [1.54, 1.807) is 11.8 Å². The van der Waals surface area contributed by atoms with E-state index < -0.39 is 0 Å². The molecular weight excluding hydrogens is 180 g/mol. The second-order valence-electron chi connectivity index (χ2n) is 2.77. The minimum Gasteiger partial charge on any atom is -0.333 e. The fourth-order valence-corrected chi connectivity index (χ4v) is 1.32. The summed E-state index contributed by atoms with van der Waals surface area (Å²) >= 11 is 1.58. The Morgan fingerprint density at radius 1 is 1.69 bits per heavy atom. The molecule has 1 rings (SSSR count). The summed E-state index contributed by atoms with van der Waals surface area (Å²) in [5.41, 5.74) is 1.07. The van der Waals surface area contributed by atoms with Crippen molar-refractivity contribution in [3.05, 3.63) is 22.9 Å². The molecule has 0 aliphatic carbocycles. The molecule has 0 aliphatic heterocycles. The lowest BCUT2D eigenvalue weighted by molar-refractivity contribution is 1.04. The predicted octanol–water partition coefficient (Wildman–Crippen LogP) is 1.29. The highest BCUT2D eigenvalue weighted by Crippen LogP contribution is 2.02. The van der Waals surface area contributed by atoms with Crippen molar-refractivity contribution in [3.63, 3.8) is 0 Å². The number of thioether (sulfide) groups is 1. The van der Waals surface area contributed by atoms with Crippen LogP contribution in [0.1, 0.15) is 13.3 Å². The highest BCUT2D eigenvalue weighted by molar-refractivity contribution is 7.98. The highest BCUT2D eigenvalue weighted by Gasteiger charge is 1.94. The Labute approximate surface area is 82.5 Å². The van der Waals surface area contributed by atoms with Crippen molar-refractivity contribution < 1.29 is 0 Å². The van der Waals surface area contributed by atoms with Crippen LogP contribution in [-0.4, -0.2) is 16.2 Å². The van der Waals surface area contributed by atoms with Gasteiger partial charge in [0.1, 0.15) is 0 Å². The molecule has 1 aromatic heterocycles. The van der Waals surface area contributed by atoms with Gasteiger partial charge >= 0.3 is 0 Å². The first-order valence-corrected chi connectivity index (χ1v) is 5.38. The molecule has 0 atom stereocenters. The number of aromatic amines is 1. The van der Waals surface area contributed by atoms with Crippen molar-refractivity contribution in [2.75, 3.05) is 6.26 Å². The van der Waals surface area contributed by atoms with Gasteiger partial charge in [-0.05, 0) is 18.8 Å². The Bertz CT molecular complexity index is 403. The number of nitrogens with one attached hydrogen (secondary N) is 1. The summed E-state index contributed by atoms with van der Waals surface area (Å²) in [5.74, 6) is 0. The van der Waals surface area contributed by atoms with Crippen LogP contribution in [0, 0.1) is 0 Å². The third kappa shape index (κ3) is 2.49. The summed E-state index contributed by atoms with van der Waals surface area (Å²) in [6.45, 7) is 9.85. The van der Waals surface area contributed by atoms with Crippen LogP contribution in [-0.2, 0) is 0 Å². The highest BCUT2D eigenvalue weighted by atomic mass is 32.2. The molecule has 1 heterocycles. The Hall–Kier alpha value is -0.960. The molecule has 0 fully saturated rings.